The lowest BCUT2D eigenvalue weighted by atomic mass is 10.00. The highest BCUT2D eigenvalue weighted by molar-refractivity contribution is 7.00. The van der Waals surface area contributed by atoms with E-state index >= 15 is 0 Å². The standard InChI is InChI=1S/C19H17N7OS/c1-11-14(19(27)26-9-12(7-21)10-26)8-22-18(11)16(4-5-20)23-13-2-3-15-17(6-13)25-28-24-15/h2-6,8,12,22H,9-10,20H2,1H3/b5-4-,23-16?. The summed E-state index contributed by atoms with van der Waals surface area (Å²) in [5.41, 5.74) is 10.6. The monoisotopic (exact) mass is 391 g/mol. The maximum Gasteiger partial charge on any atom is 0.255 e. The van der Waals surface area contributed by atoms with Crippen LogP contribution in [-0.4, -0.2) is 43.3 Å². The second-order valence-corrected chi connectivity index (χ2v) is 7.06. The van der Waals surface area contributed by atoms with Crippen molar-refractivity contribution in [3.63, 3.8) is 0 Å². The van der Waals surface area contributed by atoms with Gasteiger partial charge in [-0.05, 0) is 43.0 Å². The van der Waals surface area contributed by atoms with Crippen molar-refractivity contribution in [1.29, 1.82) is 5.26 Å². The number of nitriles is 1. The Kier molecular flexibility index (Phi) is 4.63. The summed E-state index contributed by atoms with van der Waals surface area (Å²) in [6.45, 7) is 2.81. The Hall–Kier alpha value is -3.51. The number of nitrogens with zero attached hydrogens (tertiary/aromatic N) is 5. The SMILES string of the molecule is Cc1c(C(=O)N2CC(C#N)C2)c[nH]c1C(/C=C\N)=Nc1ccc2nsnc2c1. The third-order valence-electron chi connectivity index (χ3n) is 4.72. The molecule has 0 bridgehead atoms. The van der Waals surface area contributed by atoms with Gasteiger partial charge in [-0.25, -0.2) is 4.99 Å². The van der Waals surface area contributed by atoms with Crippen molar-refractivity contribution in [2.75, 3.05) is 13.1 Å². The molecule has 2 aromatic heterocycles. The van der Waals surface area contributed by atoms with Crippen LogP contribution in [0.4, 0.5) is 5.69 Å². The molecule has 0 atom stereocenters. The number of amides is 1. The predicted molar refractivity (Wildman–Crippen MR) is 107 cm³/mol. The summed E-state index contributed by atoms with van der Waals surface area (Å²) in [4.78, 5) is 22.2. The van der Waals surface area contributed by atoms with Crippen molar-refractivity contribution in [3.05, 3.63) is 53.5 Å². The predicted octanol–water partition coefficient (Wildman–Crippen LogP) is 2.52. The summed E-state index contributed by atoms with van der Waals surface area (Å²) in [6, 6.07) is 7.76. The Labute approximate surface area is 165 Å². The smallest absolute Gasteiger partial charge is 0.255 e. The van der Waals surface area contributed by atoms with Gasteiger partial charge < -0.3 is 15.6 Å². The molecule has 0 spiro atoms. The maximum atomic E-state index is 12.7. The van der Waals surface area contributed by atoms with Crippen LogP contribution in [-0.2, 0) is 0 Å². The second kappa shape index (κ2) is 7.25. The molecular weight excluding hydrogens is 374 g/mol. The number of allylic oxidation sites excluding steroid dienone is 1. The van der Waals surface area contributed by atoms with Gasteiger partial charge in [-0.2, -0.15) is 14.0 Å². The largest absolute Gasteiger partial charge is 0.405 e. The minimum Gasteiger partial charge on any atom is -0.405 e. The molecule has 4 rings (SSSR count). The number of hydrogen-bond acceptors (Lipinski definition) is 7. The van der Waals surface area contributed by atoms with E-state index in [0.29, 0.717) is 24.4 Å². The molecule has 0 radical (unpaired) electrons. The van der Waals surface area contributed by atoms with Crippen LogP contribution in [0.1, 0.15) is 21.6 Å². The molecule has 1 aliphatic rings. The fraction of sp³-hybridized carbons (Fsp3) is 0.211. The highest BCUT2D eigenvalue weighted by atomic mass is 32.1. The first-order valence-electron chi connectivity index (χ1n) is 8.67. The quantitative estimate of drug-likeness (QED) is 0.661. The molecule has 1 aliphatic heterocycles. The van der Waals surface area contributed by atoms with Gasteiger partial charge in [-0.15, -0.1) is 0 Å². The minimum atomic E-state index is -0.0856. The zero-order valence-electron chi connectivity index (χ0n) is 15.1. The highest BCUT2D eigenvalue weighted by Gasteiger charge is 2.32. The van der Waals surface area contributed by atoms with Crippen molar-refractivity contribution in [1.82, 2.24) is 18.6 Å². The highest BCUT2D eigenvalue weighted by Crippen LogP contribution is 2.24. The Balaban J connectivity index is 1.66. The summed E-state index contributed by atoms with van der Waals surface area (Å²) in [7, 11) is 0. The Morgan fingerprint density at radius 1 is 1.43 bits per heavy atom. The molecule has 1 aromatic carbocycles. The van der Waals surface area contributed by atoms with E-state index in [1.807, 2.05) is 25.1 Å². The summed E-state index contributed by atoms with van der Waals surface area (Å²) in [5, 5.41) is 8.90. The summed E-state index contributed by atoms with van der Waals surface area (Å²) in [5.74, 6) is -0.160. The van der Waals surface area contributed by atoms with Crippen LogP contribution in [0.2, 0.25) is 0 Å². The van der Waals surface area contributed by atoms with E-state index in [0.717, 1.165) is 39.7 Å². The summed E-state index contributed by atoms with van der Waals surface area (Å²) in [6.07, 6.45) is 4.78. The molecule has 3 heterocycles. The summed E-state index contributed by atoms with van der Waals surface area (Å²) < 4.78 is 8.43. The van der Waals surface area contributed by atoms with Crippen LogP contribution in [0, 0.1) is 24.2 Å². The zero-order valence-corrected chi connectivity index (χ0v) is 15.9. The van der Waals surface area contributed by atoms with E-state index in [9.17, 15) is 4.79 Å². The number of likely N-dealkylation sites (tertiary alicyclic amines) is 1. The lowest BCUT2D eigenvalue weighted by Crippen LogP contribution is -2.49. The molecule has 0 unspecified atom stereocenters. The van der Waals surface area contributed by atoms with Crippen molar-refractivity contribution in [2.24, 2.45) is 16.6 Å². The number of benzene rings is 1. The van der Waals surface area contributed by atoms with Crippen molar-refractivity contribution >= 4 is 40.1 Å². The molecule has 1 saturated heterocycles. The Bertz CT molecular complexity index is 1140. The number of nitrogens with two attached hydrogens (primary N) is 1. The van der Waals surface area contributed by atoms with Gasteiger partial charge in [0.25, 0.3) is 5.91 Å². The molecule has 0 saturated carbocycles. The summed E-state index contributed by atoms with van der Waals surface area (Å²) >= 11 is 1.16. The lowest BCUT2D eigenvalue weighted by molar-refractivity contribution is 0.0577. The molecule has 28 heavy (non-hydrogen) atoms. The minimum absolute atomic E-state index is 0.0740. The number of fused-ring (bicyclic) bond motifs is 1. The number of aromatic nitrogens is 3. The van der Waals surface area contributed by atoms with Crippen LogP contribution >= 0.6 is 11.7 Å². The van der Waals surface area contributed by atoms with E-state index in [2.05, 4.69) is 24.8 Å². The van der Waals surface area contributed by atoms with Crippen LogP contribution < -0.4 is 5.73 Å². The topological polar surface area (TPSA) is 124 Å². The molecule has 1 fully saturated rings. The van der Waals surface area contributed by atoms with E-state index in [4.69, 9.17) is 11.0 Å². The Morgan fingerprint density at radius 3 is 2.96 bits per heavy atom. The van der Waals surface area contributed by atoms with Gasteiger partial charge in [-0.1, -0.05) is 0 Å². The van der Waals surface area contributed by atoms with Crippen molar-refractivity contribution < 1.29 is 4.79 Å². The van der Waals surface area contributed by atoms with E-state index in [1.54, 1.807) is 17.2 Å². The first-order chi connectivity index (χ1) is 13.6. The molecule has 3 N–H and O–H groups in total. The fourth-order valence-electron chi connectivity index (χ4n) is 3.13. The van der Waals surface area contributed by atoms with Crippen LogP contribution in [0.15, 0.2) is 41.7 Å². The average molecular weight is 391 g/mol. The number of aromatic amines is 1. The molecule has 140 valence electrons. The molecule has 1 amide bonds. The van der Waals surface area contributed by atoms with Gasteiger partial charge >= 0.3 is 0 Å². The number of carbonyl (C=O) groups excluding carboxylic acids is 1. The number of carbonyl (C=O) groups is 1. The molecule has 8 nitrogen and oxygen atoms in total. The third kappa shape index (κ3) is 3.14. The van der Waals surface area contributed by atoms with Gasteiger partial charge in [0, 0.05) is 19.3 Å². The first kappa shape index (κ1) is 17.9. The normalized spacial score (nSPS) is 15.1. The number of nitrogens with one attached hydrogen (secondary N) is 1. The molecule has 3 aromatic rings. The van der Waals surface area contributed by atoms with Crippen molar-refractivity contribution in [3.8, 4) is 6.07 Å². The average Bonchev–Trinajstić information content (AvgIpc) is 3.26. The lowest BCUT2D eigenvalue weighted by Gasteiger charge is -2.35. The van der Waals surface area contributed by atoms with Crippen molar-refractivity contribution in [2.45, 2.75) is 6.92 Å². The number of rotatable bonds is 4. The molecule has 9 heteroatoms. The molecular formula is C19H17N7OS. The number of hydrogen-bond donors (Lipinski definition) is 2. The zero-order chi connectivity index (χ0) is 19.7. The van der Waals surface area contributed by atoms with Gasteiger partial charge in [-0.3, -0.25) is 4.79 Å². The van der Waals surface area contributed by atoms with E-state index in [1.165, 1.54) is 6.20 Å². The van der Waals surface area contributed by atoms with Crippen LogP contribution in [0.5, 0.6) is 0 Å². The van der Waals surface area contributed by atoms with Gasteiger partial charge in [0.2, 0.25) is 0 Å². The van der Waals surface area contributed by atoms with Gasteiger partial charge in [0.15, 0.2) is 0 Å². The van der Waals surface area contributed by atoms with Gasteiger partial charge in [0.1, 0.15) is 11.0 Å². The fourth-order valence-corrected chi connectivity index (χ4v) is 3.64. The Morgan fingerprint density at radius 2 is 2.21 bits per heavy atom. The first-order valence-corrected chi connectivity index (χ1v) is 9.40. The van der Waals surface area contributed by atoms with Gasteiger partial charge in [0.05, 0.1) is 46.4 Å². The van der Waals surface area contributed by atoms with Crippen LogP contribution in [0.25, 0.3) is 11.0 Å². The van der Waals surface area contributed by atoms with E-state index < -0.39 is 0 Å². The maximum absolute atomic E-state index is 12.7. The van der Waals surface area contributed by atoms with Crippen LogP contribution in [0.3, 0.4) is 0 Å². The number of H-pyrrole nitrogens is 1. The van der Waals surface area contributed by atoms with E-state index in [-0.39, 0.29) is 11.8 Å². The second-order valence-electron chi connectivity index (χ2n) is 6.53. The number of aliphatic imine (C=N–C) groups is 1. The molecule has 0 aliphatic carbocycles. The third-order valence-corrected chi connectivity index (χ3v) is 5.28.